The number of hydrogen-bond donors (Lipinski definition) is 1. The van der Waals surface area contributed by atoms with Gasteiger partial charge in [-0.1, -0.05) is 35.9 Å². The Bertz CT molecular complexity index is 1090. The Labute approximate surface area is 193 Å². The SMILES string of the molecule is CS(=O)(=O)N1C[C@H](C(=O)NCc2cccc(CN3CCOCC3)c2)Oc2ccc(Cl)cc21. The lowest BCUT2D eigenvalue weighted by Crippen LogP contribution is -2.50. The van der Waals surface area contributed by atoms with Crippen molar-refractivity contribution in [2.45, 2.75) is 19.2 Å². The molecule has 2 aromatic carbocycles. The summed E-state index contributed by atoms with van der Waals surface area (Å²) in [5.74, 6) is -0.0726. The highest BCUT2D eigenvalue weighted by atomic mass is 35.5. The van der Waals surface area contributed by atoms with E-state index in [0.717, 1.165) is 49.0 Å². The zero-order chi connectivity index (χ0) is 22.7. The number of nitrogens with zero attached hydrogens (tertiary/aromatic N) is 2. The molecule has 1 atom stereocenters. The van der Waals surface area contributed by atoms with Crippen molar-refractivity contribution >= 4 is 33.2 Å². The van der Waals surface area contributed by atoms with Crippen LogP contribution in [0.3, 0.4) is 0 Å². The molecule has 2 aliphatic heterocycles. The fourth-order valence-electron chi connectivity index (χ4n) is 3.83. The fourth-order valence-corrected chi connectivity index (χ4v) is 4.91. The summed E-state index contributed by atoms with van der Waals surface area (Å²) < 4.78 is 36.9. The maximum Gasteiger partial charge on any atom is 0.263 e. The molecule has 1 fully saturated rings. The van der Waals surface area contributed by atoms with E-state index in [-0.39, 0.29) is 12.5 Å². The van der Waals surface area contributed by atoms with Crippen LogP contribution in [0.25, 0.3) is 0 Å². The van der Waals surface area contributed by atoms with Crippen LogP contribution in [-0.2, 0) is 32.6 Å². The van der Waals surface area contributed by atoms with Crippen molar-refractivity contribution in [3.8, 4) is 5.75 Å². The number of rotatable bonds is 6. The van der Waals surface area contributed by atoms with Crippen molar-refractivity contribution < 1.29 is 22.7 Å². The lowest BCUT2D eigenvalue weighted by Gasteiger charge is -2.34. The number of hydrogen-bond acceptors (Lipinski definition) is 6. The molecule has 32 heavy (non-hydrogen) atoms. The van der Waals surface area contributed by atoms with Crippen LogP contribution in [-0.4, -0.2) is 64.4 Å². The fraction of sp³-hybridized carbons (Fsp3) is 0.409. The van der Waals surface area contributed by atoms with Gasteiger partial charge in [0.25, 0.3) is 5.91 Å². The molecule has 0 saturated carbocycles. The van der Waals surface area contributed by atoms with E-state index in [0.29, 0.717) is 23.0 Å². The number of morpholine rings is 1. The number of sulfonamides is 1. The molecular formula is C22H26ClN3O5S. The van der Waals surface area contributed by atoms with E-state index >= 15 is 0 Å². The first-order valence-electron chi connectivity index (χ1n) is 10.4. The molecule has 2 aliphatic rings. The van der Waals surface area contributed by atoms with Crippen LogP contribution in [0, 0.1) is 0 Å². The van der Waals surface area contributed by atoms with E-state index in [1.165, 1.54) is 11.6 Å². The minimum atomic E-state index is -3.61. The minimum absolute atomic E-state index is 0.116. The van der Waals surface area contributed by atoms with Gasteiger partial charge in [0.1, 0.15) is 5.75 Å². The van der Waals surface area contributed by atoms with Crippen molar-refractivity contribution in [1.82, 2.24) is 10.2 Å². The van der Waals surface area contributed by atoms with Crippen LogP contribution in [0.4, 0.5) is 5.69 Å². The molecule has 0 radical (unpaired) electrons. The summed E-state index contributed by atoms with van der Waals surface area (Å²) in [7, 11) is -3.61. The van der Waals surface area contributed by atoms with Crippen molar-refractivity contribution in [2.75, 3.05) is 43.4 Å². The summed E-state index contributed by atoms with van der Waals surface area (Å²) in [5, 5.41) is 3.26. The van der Waals surface area contributed by atoms with Crippen LogP contribution < -0.4 is 14.4 Å². The second-order valence-electron chi connectivity index (χ2n) is 7.94. The molecule has 0 bridgehead atoms. The number of ether oxygens (including phenoxy) is 2. The highest BCUT2D eigenvalue weighted by molar-refractivity contribution is 7.92. The zero-order valence-electron chi connectivity index (χ0n) is 17.8. The van der Waals surface area contributed by atoms with Gasteiger partial charge in [-0.25, -0.2) is 8.42 Å². The number of halogens is 1. The summed E-state index contributed by atoms with van der Waals surface area (Å²) in [6.45, 7) is 4.34. The van der Waals surface area contributed by atoms with Gasteiger partial charge in [0.15, 0.2) is 6.10 Å². The molecule has 2 aromatic rings. The molecule has 1 amide bonds. The lowest BCUT2D eigenvalue weighted by atomic mass is 10.1. The highest BCUT2D eigenvalue weighted by Gasteiger charge is 2.35. The second kappa shape index (κ2) is 9.66. The highest BCUT2D eigenvalue weighted by Crippen LogP contribution is 2.37. The van der Waals surface area contributed by atoms with Crippen molar-refractivity contribution in [1.29, 1.82) is 0 Å². The largest absolute Gasteiger partial charge is 0.476 e. The molecule has 4 rings (SSSR count). The first-order chi connectivity index (χ1) is 15.3. The minimum Gasteiger partial charge on any atom is -0.476 e. The molecule has 0 aromatic heterocycles. The molecule has 172 valence electrons. The summed E-state index contributed by atoms with van der Waals surface area (Å²) >= 11 is 6.02. The number of benzene rings is 2. The van der Waals surface area contributed by atoms with Crippen LogP contribution in [0.15, 0.2) is 42.5 Å². The van der Waals surface area contributed by atoms with E-state index < -0.39 is 16.1 Å². The summed E-state index contributed by atoms with van der Waals surface area (Å²) in [6, 6.07) is 12.7. The molecule has 0 aliphatic carbocycles. The Hall–Kier alpha value is -2.33. The number of carbonyl (C=O) groups is 1. The third-order valence-electron chi connectivity index (χ3n) is 5.45. The summed E-state index contributed by atoms with van der Waals surface area (Å²) in [4.78, 5) is 15.2. The van der Waals surface area contributed by atoms with Gasteiger partial charge in [0.2, 0.25) is 10.0 Å². The average molecular weight is 480 g/mol. The third kappa shape index (κ3) is 5.53. The molecule has 1 N–H and O–H groups in total. The Balaban J connectivity index is 1.41. The standard InChI is InChI=1S/C22H26ClN3O5S/c1-32(28,29)26-15-21(31-20-6-5-18(23)12-19(20)26)22(27)24-13-16-3-2-4-17(11-16)14-25-7-9-30-10-8-25/h2-6,11-12,21H,7-10,13-15H2,1H3,(H,24,27)/t21-/m1/s1. The molecule has 1 saturated heterocycles. The molecule has 2 heterocycles. The first-order valence-corrected chi connectivity index (χ1v) is 12.6. The zero-order valence-corrected chi connectivity index (χ0v) is 19.4. The maximum atomic E-state index is 12.8. The Kier molecular flexibility index (Phi) is 6.90. The van der Waals surface area contributed by atoms with Crippen LogP contribution in [0.5, 0.6) is 5.75 Å². The van der Waals surface area contributed by atoms with E-state index in [2.05, 4.69) is 22.3 Å². The number of nitrogens with one attached hydrogen (secondary N) is 1. The lowest BCUT2D eigenvalue weighted by molar-refractivity contribution is -0.127. The third-order valence-corrected chi connectivity index (χ3v) is 6.83. The predicted molar refractivity (Wildman–Crippen MR) is 122 cm³/mol. The van der Waals surface area contributed by atoms with Gasteiger partial charge in [-0.3, -0.25) is 14.0 Å². The number of carbonyl (C=O) groups excluding carboxylic acids is 1. The first kappa shape index (κ1) is 22.8. The van der Waals surface area contributed by atoms with Crippen LogP contribution in [0.2, 0.25) is 5.02 Å². The van der Waals surface area contributed by atoms with Gasteiger partial charge in [-0.2, -0.15) is 0 Å². The van der Waals surface area contributed by atoms with Crippen LogP contribution in [0.1, 0.15) is 11.1 Å². The Morgan fingerprint density at radius 2 is 1.91 bits per heavy atom. The second-order valence-corrected chi connectivity index (χ2v) is 10.3. The Morgan fingerprint density at radius 3 is 2.66 bits per heavy atom. The Morgan fingerprint density at radius 1 is 1.16 bits per heavy atom. The molecule has 0 unspecified atom stereocenters. The quantitative estimate of drug-likeness (QED) is 0.682. The van der Waals surface area contributed by atoms with Crippen molar-refractivity contribution in [2.24, 2.45) is 0 Å². The van der Waals surface area contributed by atoms with Gasteiger partial charge in [0, 0.05) is 31.2 Å². The smallest absolute Gasteiger partial charge is 0.263 e. The molecule has 10 heteroatoms. The van der Waals surface area contributed by atoms with E-state index in [4.69, 9.17) is 21.1 Å². The van der Waals surface area contributed by atoms with Gasteiger partial charge >= 0.3 is 0 Å². The van der Waals surface area contributed by atoms with Gasteiger partial charge in [0.05, 0.1) is 31.7 Å². The molecular weight excluding hydrogens is 454 g/mol. The van der Waals surface area contributed by atoms with E-state index in [1.54, 1.807) is 12.1 Å². The molecule has 8 nitrogen and oxygen atoms in total. The van der Waals surface area contributed by atoms with Crippen molar-refractivity contribution in [3.63, 3.8) is 0 Å². The monoisotopic (exact) mass is 479 g/mol. The van der Waals surface area contributed by atoms with E-state index in [9.17, 15) is 13.2 Å². The van der Waals surface area contributed by atoms with Crippen molar-refractivity contribution in [3.05, 3.63) is 58.6 Å². The summed E-state index contributed by atoms with van der Waals surface area (Å²) in [6.07, 6.45) is 0.132. The maximum absolute atomic E-state index is 12.8. The number of anilines is 1. The number of fused-ring (bicyclic) bond motifs is 1. The van der Waals surface area contributed by atoms with Gasteiger partial charge in [-0.15, -0.1) is 0 Å². The predicted octanol–water partition coefficient (Wildman–Crippen LogP) is 2.02. The topological polar surface area (TPSA) is 88.2 Å². The van der Waals surface area contributed by atoms with E-state index in [1.807, 2.05) is 12.1 Å². The van der Waals surface area contributed by atoms with Gasteiger partial charge < -0.3 is 14.8 Å². The van der Waals surface area contributed by atoms with Crippen LogP contribution >= 0.6 is 11.6 Å². The number of amides is 1. The molecule has 0 spiro atoms. The summed E-state index contributed by atoms with van der Waals surface area (Å²) in [5.41, 5.74) is 2.47. The normalized spacial score (nSPS) is 19.2. The average Bonchev–Trinajstić information content (AvgIpc) is 2.77. The van der Waals surface area contributed by atoms with Gasteiger partial charge in [-0.05, 0) is 29.3 Å².